The summed E-state index contributed by atoms with van der Waals surface area (Å²) < 4.78 is 2.43. The highest BCUT2D eigenvalue weighted by molar-refractivity contribution is 6.31. The van der Waals surface area contributed by atoms with Gasteiger partial charge in [0.1, 0.15) is 0 Å². The first kappa shape index (κ1) is 10.9. The summed E-state index contributed by atoms with van der Waals surface area (Å²) in [6, 6.07) is 8.41. The molecule has 2 aliphatic carbocycles. The van der Waals surface area contributed by atoms with E-state index in [9.17, 15) is 0 Å². The van der Waals surface area contributed by atoms with Gasteiger partial charge in [-0.3, -0.25) is 0 Å². The monoisotopic (exact) mass is 259 g/mol. The Hall–Kier alpha value is -0.950. The molecular formula is C16H18ClN. The maximum absolute atomic E-state index is 6.04. The number of rotatable bonds is 2. The fourth-order valence-corrected chi connectivity index (χ4v) is 4.36. The van der Waals surface area contributed by atoms with Gasteiger partial charge in [0.2, 0.25) is 0 Å². The summed E-state index contributed by atoms with van der Waals surface area (Å²) in [5, 5.41) is 2.10. The van der Waals surface area contributed by atoms with Crippen molar-refractivity contribution < 1.29 is 0 Å². The summed E-state index contributed by atoms with van der Waals surface area (Å²) in [5.74, 6) is 2.95. The van der Waals surface area contributed by atoms with Crippen LogP contribution in [-0.4, -0.2) is 4.57 Å². The summed E-state index contributed by atoms with van der Waals surface area (Å²) in [4.78, 5) is 0. The third kappa shape index (κ3) is 1.68. The summed E-state index contributed by atoms with van der Waals surface area (Å²) in [5.41, 5.74) is 1.34. The van der Waals surface area contributed by atoms with Crippen LogP contribution in [0.1, 0.15) is 25.7 Å². The van der Waals surface area contributed by atoms with Crippen molar-refractivity contribution in [2.45, 2.75) is 32.2 Å². The molecule has 0 N–H and O–H groups in total. The van der Waals surface area contributed by atoms with Crippen LogP contribution in [0.4, 0.5) is 0 Å². The summed E-state index contributed by atoms with van der Waals surface area (Å²) in [6.45, 7) is 1.20. The molecule has 2 aromatic rings. The fourth-order valence-electron chi connectivity index (χ4n) is 4.18. The second kappa shape index (κ2) is 4.03. The van der Waals surface area contributed by atoms with Gasteiger partial charge in [-0.2, -0.15) is 0 Å². The van der Waals surface area contributed by atoms with Crippen molar-refractivity contribution in [3.8, 4) is 0 Å². The zero-order chi connectivity index (χ0) is 12.1. The maximum Gasteiger partial charge on any atom is 0.0481 e. The van der Waals surface area contributed by atoms with E-state index in [0.717, 1.165) is 22.8 Å². The standard InChI is InChI=1S/C16H18ClN/c17-15-3-4-16-13(9-15)5-6-18(16)10-14-8-11-1-2-12(14)7-11/h3-6,9,11-12,14H,1-2,7-8,10H2. The van der Waals surface area contributed by atoms with Gasteiger partial charge >= 0.3 is 0 Å². The zero-order valence-corrected chi connectivity index (χ0v) is 11.2. The molecule has 18 heavy (non-hydrogen) atoms. The number of aromatic nitrogens is 1. The summed E-state index contributed by atoms with van der Waals surface area (Å²) in [7, 11) is 0. The molecule has 1 aromatic carbocycles. The molecule has 2 bridgehead atoms. The highest BCUT2D eigenvalue weighted by atomic mass is 35.5. The third-order valence-corrected chi connectivity index (χ3v) is 5.28. The van der Waals surface area contributed by atoms with Crippen LogP contribution < -0.4 is 0 Å². The number of halogens is 1. The summed E-state index contributed by atoms with van der Waals surface area (Å²) in [6.07, 6.45) is 8.14. The number of benzene rings is 1. The van der Waals surface area contributed by atoms with Gasteiger partial charge in [-0.15, -0.1) is 0 Å². The fraction of sp³-hybridized carbons (Fsp3) is 0.500. The average molecular weight is 260 g/mol. The van der Waals surface area contributed by atoms with E-state index in [-0.39, 0.29) is 0 Å². The first-order valence-corrected chi connectivity index (χ1v) is 7.42. The number of fused-ring (bicyclic) bond motifs is 3. The second-order valence-electron chi connectivity index (χ2n) is 6.11. The van der Waals surface area contributed by atoms with E-state index in [1.807, 2.05) is 6.07 Å². The van der Waals surface area contributed by atoms with Gasteiger partial charge in [0, 0.05) is 28.7 Å². The van der Waals surface area contributed by atoms with Crippen molar-refractivity contribution in [2.24, 2.45) is 17.8 Å². The molecule has 0 spiro atoms. The Bertz CT molecular complexity index is 586. The van der Waals surface area contributed by atoms with Crippen molar-refractivity contribution in [2.75, 3.05) is 0 Å². The Labute approximate surface area is 113 Å². The number of hydrogen-bond acceptors (Lipinski definition) is 0. The van der Waals surface area contributed by atoms with Crippen LogP contribution in [0.5, 0.6) is 0 Å². The van der Waals surface area contributed by atoms with E-state index >= 15 is 0 Å². The molecule has 2 saturated carbocycles. The topological polar surface area (TPSA) is 4.93 Å². The first-order chi connectivity index (χ1) is 8.79. The van der Waals surface area contributed by atoms with E-state index in [4.69, 9.17) is 11.6 Å². The van der Waals surface area contributed by atoms with Crippen LogP contribution in [0.25, 0.3) is 10.9 Å². The molecule has 2 fully saturated rings. The lowest BCUT2D eigenvalue weighted by Gasteiger charge is -2.22. The van der Waals surface area contributed by atoms with Gasteiger partial charge in [0.25, 0.3) is 0 Å². The lowest BCUT2D eigenvalue weighted by Crippen LogP contribution is -2.16. The molecule has 1 heterocycles. The smallest absolute Gasteiger partial charge is 0.0481 e. The molecule has 0 radical (unpaired) electrons. The molecule has 0 aliphatic heterocycles. The van der Waals surface area contributed by atoms with Gasteiger partial charge < -0.3 is 4.57 Å². The van der Waals surface area contributed by atoms with Crippen LogP contribution in [0.15, 0.2) is 30.5 Å². The van der Waals surface area contributed by atoms with Gasteiger partial charge in [0.05, 0.1) is 0 Å². The van der Waals surface area contributed by atoms with Crippen LogP contribution in [0, 0.1) is 17.8 Å². The van der Waals surface area contributed by atoms with Crippen molar-refractivity contribution in [1.82, 2.24) is 4.57 Å². The SMILES string of the molecule is Clc1ccc2c(ccn2CC2CC3CCC2C3)c1. The maximum atomic E-state index is 6.04. The predicted octanol–water partition coefficient (Wildman–Crippen LogP) is 4.73. The van der Waals surface area contributed by atoms with Crippen molar-refractivity contribution in [3.63, 3.8) is 0 Å². The molecule has 94 valence electrons. The molecule has 0 saturated heterocycles. The highest BCUT2D eigenvalue weighted by Gasteiger charge is 2.39. The average Bonchev–Trinajstić information content (AvgIpc) is 3.04. The molecule has 2 heteroatoms. The van der Waals surface area contributed by atoms with Crippen LogP contribution >= 0.6 is 11.6 Å². The lowest BCUT2D eigenvalue weighted by molar-refractivity contribution is 0.299. The molecule has 1 nitrogen and oxygen atoms in total. The minimum absolute atomic E-state index is 0.833. The van der Waals surface area contributed by atoms with Crippen LogP contribution in [0.3, 0.4) is 0 Å². The van der Waals surface area contributed by atoms with Crippen molar-refractivity contribution >= 4 is 22.5 Å². The van der Waals surface area contributed by atoms with E-state index in [1.54, 1.807) is 0 Å². The van der Waals surface area contributed by atoms with E-state index in [0.29, 0.717) is 0 Å². The highest BCUT2D eigenvalue weighted by Crippen LogP contribution is 2.49. The Morgan fingerprint density at radius 2 is 2.11 bits per heavy atom. The Morgan fingerprint density at radius 3 is 2.89 bits per heavy atom. The van der Waals surface area contributed by atoms with E-state index in [2.05, 4.69) is 29.0 Å². The molecule has 3 atom stereocenters. The second-order valence-corrected chi connectivity index (χ2v) is 6.54. The number of hydrogen-bond donors (Lipinski definition) is 0. The Morgan fingerprint density at radius 1 is 1.17 bits per heavy atom. The number of nitrogens with zero attached hydrogens (tertiary/aromatic N) is 1. The third-order valence-electron chi connectivity index (χ3n) is 5.05. The minimum Gasteiger partial charge on any atom is -0.347 e. The van der Waals surface area contributed by atoms with Gasteiger partial charge in [-0.1, -0.05) is 18.0 Å². The molecular weight excluding hydrogens is 242 g/mol. The Balaban J connectivity index is 1.63. The van der Waals surface area contributed by atoms with E-state index < -0.39 is 0 Å². The van der Waals surface area contributed by atoms with E-state index in [1.165, 1.54) is 43.1 Å². The molecule has 2 aliphatic rings. The van der Waals surface area contributed by atoms with Gasteiger partial charge in [-0.05, 0) is 61.3 Å². The zero-order valence-electron chi connectivity index (χ0n) is 10.5. The van der Waals surface area contributed by atoms with Crippen molar-refractivity contribution in [3.05, 3.63) is 35.5 Å². The van der Waals surface area contributed by atoms with Gasteiger partial charge in [-0.25, -0.2) is 0 Å². The summed E-state index contributed by atoms with van der Waals surface area (Å²) >= 11 is 6.04. The Kier molecular flexibility index (Phi) is 2.44. The van der Waals surface area contributed by atoms with Crippen LogP contribution in [0.2, 0.25) is 5.02 Å². The molecule has 0 amide bonds. The first-order valence-electron chi connectivity index (χ1n) is 7.04. The minimum atomic E-state index is 0.833. The van der Waals surface area contributed by atoms with Gasteiger partial charge in [0.15, 0.2) is 0 Å². The predicted molar refractivity (Wildman–Crippen MR) is 75.9 cm³/mol. The molecule has 1 aromatic heterocycles. The normalized spacial score (nSPS) is 30.4. The molecule has 4 rings (SSSR count). The lowest BCUT2D eigenvalue weighted by atomic mass is 9.89. The quantitative estimate of drug-likeness (QED) is 0.735. The van der Waals surface area contributed by atoms with Crippen LogP contribution in [-0.2, 0) is 6.54 Å². The van der Waals surface area contributed by atoms with Crippen molar-refractivity contribution in [1.29, 1.82) is 0 Å². The molecule has 3 unspecified atom stereocenters. The largest absolute Gasteiger partial charge is 0.347 e.